The Labute approximate surface area is 214 Å². The molecule has 0 amide bonds. The minimum absolute atomic E-state index is 0.279. The van der Waals surface area contributed by atoms with Gasteiger partial charge in [0, 0.05) is 10.6 Å². The van der Waals surface area contributed by atoms with Crippen LogP contribution in [0.2, 0.25) is 10.0 Å². The van der Waals surface area contributed by atoms with Gasteiger partial charge in [-0.25, -0.2) is 13.7 Å². The molecule has 0 bridgehead atoms. The summed E-state index contributed by atoms with van der Waals surface area (Å²) in [5.41, 5.74) is 4.66. The van der Waals surface area contributed by atoms with Crippen LogP contribution in [0.3, 0.4) is 0 Å². The Morgan fingerprint density at radius 3 is 2.51 bits per heavy atom. The Kier molecular flexibility index (Phi) is 6.71. The molecular weight excluding hydrogens is 486 g/mol. The van der Waals surface area contributed by atoms with Crippen LogP contribution in [-0.4, -0.2) is 40.4 Å². The lowest BCUT2D eigenvalue weighted by atomic mass is 9.89. The van der Waals surface area contributed by atoms with Crippen molar-refractivity contribution in [2.45, 2.75) is 38.5 Å². The molecule has 0 saturated carbocycles. The summed E-state index contributed by atoms with van der Waals surface area (Å²) in [5, 5.41) is 23.9. The average molecular weight is 513 g/mol. The Hall–Kier alpha value is -2.67. The summed E-state index contributed by atoms with van der Waals surface area (Å²) in [7, 11) is 2.01. The first-order valence-corrected chi connectivity index (χ1v) is 12.7. The van der Waals surface area contributed by atoms with E-state index in [1.807, 2.05) is 19.2 Å². The molecule has 35 heavy (non-hydrogen) atoms. The fraction of sp³-hybridized carbons (Fsp3) is 0.333. The summed E-state index contributed by atoms with van der Waals surface area (Å²) in [6, 6.07) is 11.6. The standard InChI is InChI=1S/C27H27Cl2FN4O/c1-34(14-3-2-4-15-34)32-27(35)25-22-7-5-6-19(16-18-8-11-21(30)12-9-18)26(22)33(31-25)24-13-10-20(28)17-23(24)29/h8-13,16-17H,2-7,14-15H2,1H3/b19-16+. The number of quaternary nitrogens is 1. The fourth-order valence-corrected chi connectivity index (χ4v) is 5.54. The monoisotopic (exact) mass is 512 g/mol. The topological polar surface area (TPSA) is 53.2 Å². The minimum Gasteiger partial charge on any atom is -0.853 e. The molecular formula is C27H27Cl2FN4O. The van der Waals surface area contributed by atoms with Gasteiger partial charge in [-0.2, -0.15) is 5.10 Å². The lowest BCUT2D eigenvalue weighted by Gasteiger charge is -2.33. The molecule has 3 aromatic rings. The van der Waals surface area contributed by atoms with Crippen LogP contribution in [-0.2, 0) is 6.42 Å². The number of rotatable bonds is 4. The van der Waals surface area contributed by atoms with Gasteiger partial charge in [-0.05, 0) is 86.1 Å². The molecule has 0 radical (unpaired) electrons. The first kappa shape index (κ1) is 24.0. The van der Waals surface area contributed by atoms with Crippen LogP contribution in [0.15, 0.2) is 47.6 Å². The van der Waals surface area contributed by atoms with E-state index in [4.69, 9.17) is 28.3 Å². The summed E-state index contributed by atoms with van der Waals surface area (Å²) in [4.78, 5) is 0. The zero-order chi connectivity index (χ0) is 24.6. The highest BCUT2D eigenvalue weighted by molar-refractivity contribution is 6.35. The van der Waals surface area contributed by atoms with Gasteiger partial charge in [0.05, 0.1) is 29.3 Å². The molecule has 0 unspecified atom stereocenters. The Balaban J connectivity index is 1.68. The van der Waals surface area contributed by atoms with E-state index in [0.717, 1.165) is 67.6 Å². The van der Waals surface area contributed by atoms with Gasteiger partial charge in [0.25, 0.3) is 0 Å². The van der Waals surface area contributed by atoms with Crippen molar-refractivity contribution in [2.24, 2.45) is 5.10 Å². The molecule has 2 aliphatic rings. The molecule has 1 saturated heterocycles. The van der Waals surface area contributed by atoms with Crippen LogP contribution in [0.25, 0.3) is 17.3 Å². The molecule has 5 rings (SSSR count). The van der Waals surface area contributed by atoms with E-state index in [9.17, 15) is 9.50 Å². The predicted molar refractivity (Wildman–Crippen MR) is 137 cm³/mol. The number of likely N-dealkylation sites (tertiary alicyclic amines) is 1. The number of aromatic nitrogens is 2. The van der Waals surface area contributed by atoms with Gasteiger partial charge in [0.1, 0.15) is 24.6 Å². The SMILES string of the molecule is C[N+]1(/N=C(\[O-])c2nn(-c3ccc(Cl)cc3Cl)c3c2CCC/C3=C\c2ccc(F)cc2)CCCCC1. The molecule has 0 N–H and O–H groups in total. The Bertz CT molecular complexity index is 1310. The van der Waals surface area contributed by atoms with E-state index in [-0.39, 0.29) is 11.7 Å². The Morgan fingerprint density at radius 2 is 1.80 bits per heavy atom. The molecule has 8 heteroatoms. The van der Waals surface area contributed by atoms with Gasteiger partial charge in [-0.1, -0.05) is 40.4 Å². The van der Waals surface area contributed by atoms with E-state index in [1.54, 1.807) is 28.9 Å². The summed E-state index contributed by atoms with van der Waals surface area (Å²) >= 11 is 12.7. The Morgan fingerprint density at radius 1 is 1.06 bits per heavy atom. The number of hydrogen-bond acceptors (Lipinski definition) is 3. The smallest absolute Gasteiger partial charge is 0.123 e. The second-order valence-corrected chi connectivity index (χ2v) is 10.4. The zero-order valence-electron chi connectivity index (χ0n) is 19.6. The summed E-state index contributed by atoms with van der Waals surface area (Å²) in [6.45, 7) is 1.71. The molecule has 5 nitrogen and oxygen atoms in total. The molecule has 1 aliphatic carbocycles. The number of halogens is 3. The number of hydrogen-bond donors (Lipinski definition) is 0. The van der Waals surface area contributed by atoms with Gasteiger partial charge < -0.3 is 5.11 Å². The van der Waals surface area contributed by atoms with Crippen molar-refractivity contribution in [3.05, 3.63) is 80.8 Å². The maximum Gasteiger partial charge on any atom is 0.123 e. The number of allylic oxidation sites excluding steroid dienone is 1. The fourth-order valence-electron chi connectivity index (χ4n) is 5.05. The van der Waals surface area contributed by atoms with Crippen LogP contribution in [0.5, 0.6) is 0 Å². The highest BCUT2D eigenvalue weighted by Gasteiger charge is 2.29. The van der Waals surface area contributed by atoms with Crippen LogP contribution < -0.4 is 5.11 Å². The van der Waals surface area contributed by atoms with Crippen molar-refractivity contribution in [2.75, 3.05) is 20.1 Å². The molecule has 1 fully saturated rings. The van der Waals surface area contributed by atoms with Gasteiger partial charge in [-0.3, -0.25) is 0 Å². The van der Waals surface area contributed by atoms with Gasteiger partial charge in [-0.15, -0.1) is 0 Å². The quantitative estimate of drug-likeness (QED) is 0.250. The van der Waals surface area contributed by atoms with Gasteiger partial charge in [0.2, 0.25) is 0 Å². The first-order valence-electron chi connectivity index (χ1n) is 12.0. The van der Waals surface area contributed by atoms with Crippen molar-refractivity contribution < 1.29 is 14.1 Å². The molecule has 0 atom stereocenters. The second-order valence-electron chi connectivity index (χ2n) is 9.51. The third-order valence-corrected chi connectivity index (χ3v) is 7.36. The maximum absolute atomic E-state index is 13.5. The molecule has 2 aromatic carbocycles. The van der Waals surface area contributed by atoms with Crippen LogP contribution in [0.4, 0.5) is 4.39 Å². The lowest BCUT2D eigenvalue weighted by Crippen LogP contribution is -2.45. The van der Waals surface area contributed by atoms with E-state index in [0.29, 0.717) is 26.0 Å². The van der Waals surface area contributed by atoms with Crippen molar-refractivity contribution >= 4 is 40.7 Å². The zero-order valence-corrected chi connectivity index (χ0v) is 21.1. The van der Waals surface area contributed by atoms with E-state index < -0.39 is 0 Å². The molecule has 1 aromatic heterocycles. The number of piperidine rings is 1. The van der Waals surface area contributed by atoms with Crippen molar-refractivity contribution in [3.8, 4) is 5.69 Å². The molecule has 182 valence electrons. The maximum atomic E-state index is 13.5. The van der Waals surface area contributed by atoms with Crippen molar-refractivity contribution in [1.82, 2.24) is 9.78 Å². The normalized spacial score (nSPS) is 19.1. The molecule has 1 aliphatic heterocycles. The number of nitrogens with zero attached hydrogens (tertiary/aromatic N) is 4. The highest BCUT2D eigenvalue weighted by atomic mass is 35.5. The molecule has 2 heterocycles. The van der Waals surface area contributed by atoms with Gasteiger partial charge >= 0.3 is 0 Å². The largest absolute Gasteiger partial charge is 0.853 e. The summed E-state index contributed by atoms with van der Waals surface area (Å²) in [5.74, 6) is -0.573. The van der Waals surface area contributed by atoms with Gasteiger partial charge in [0.15, 0.2) is 0 Å². The number of benzene rings is 2. The number of fused-ring (bicyclic) bond motifs is 1. The van der Waals surface area contributed by atoms with E-state index >= 15 is 0 Å². The van der Waals surface area contributed by atoms with Crippen LogP contribution in [0.1, 0.15) is 54.6 Å². The van der Waals surface area contributed by atoms with E-state index in [2.05, 4.69) is 5.10 Å². The lowest BCUT2D eigenvalue weighted by molar-refractivity contribution is -0.921. The third kappa shape index (κ3) is 5.01. The van der Waals surface area contributed by atoms with Crippen LogP contribution >= 0.6 is 23.2 Å². The second kappa shape index (κ2) is 9.76. The third-order valence-electron chi connectivity index (χ3n) is 6.82. The van der Waals surface area contributed by atoms with Crippen molar-refractivity contribution in [3.63, 3.8) is 0 Å². The van der Waals surface area contributed by atoms with E-state index in [1.165, 1.54) is 18.6 Å². The average Bonchev–Trinajstić information content (AvgIpc) is 3.21. The summed E-state index contributed by atoms with van der Waals surface area (Å²) in [6.07, 6.45) is 7.74. The first-order chi connectivity index (χ1) is 16.8. The molecule has 0 spiro atoms. The highest BCUT2D eigenvalue weighted by Crippen LogP contribution is 2.37. The summed E-state index contributed by atoms with van der Waals surface area (Å²) < 4.78 is 15.6. The van der Waals surface area contributed by atoms with Crippen molar-refractivity contribution in [1.29, 1.82) is 0 Å². The predicted octanol–water partition coefficient (Wildman–Crippen LogP) is 5.85. The minimum atomic E-state index is -0.294. The van der Waals surface area contributed by atoms with Crippen LogP contribution in [0, 0.1) is 5.82 Å².